The van der Waals surface area contributed by atoms with Gasteiger partial charge in [0.05, 0.1) is 16.2 Å². The summed E-state index contributed by atoms with van der Waals surface area (Å²) in [6.07, 6.45) is 1.86. The summed E-state index contributed by atoms with van der Waals surface area (Å²) in [6.45, 7) is -0.649. The summed E-state index contributed by atoms with van der Waals surface area (Å²) in [5, 5.41) is 16.3. The second-order valence-electron chi connectivity index (χ2n) is 6.19. The number of nitrogens with zero attached hydrogens (tertiary/aromatic N) is 1. The molecule has 2 aromatic rings. The van der Waals surface area contributed by atoms with Crippen molar-refractivity contribution in [2.75, 3.05) is 11.9 Å². The number of ether oxygens (including phenoxy) is 1. The minimum absolute atomic E-state index is 0.166. The molecule has 9 nitrogen and oxygen atoms in total. The van der Waals surface area contributed by atoms with Gasteiger partial charge in [-0.15, -0.1) is 0 Å². The molecule has 0 bridgehead atoms. The first-order valence-corrected chi connectivity index (χ1v) is 8.56. The van der Waals surface area contributed by atoms with Gasteiger partial charge in [0.1, 0.15) is 5.56 Å². The van der Waals surface area contributed by atoms with Crippen LogP contribution in [0.3, 0.4) is 0 Å². The lowest BCUT2D eigenvalue weighted by Crippen LogP contribution is -2.28. The molecule has 1 aliphatic rings. The van der Waals surface area contributed by atoms with Gasteiger partial charge in [-0.2, -0.15) is 0 Å². The number of benzene rings is 2. The second-order valence-corrected chi connectivity index (χ2v) is 6.19. The van der Waals surface area contributed by atoms with Crippen LogP contribution in [-0.2, 0) is 9.53 Å². The molecule has 1 saturated carbocycles. The Morgan fingerprint density at radius 1 is 1.04 bits per heavy atom. The molecule has 0 radical (unpaired) electrons. The lowest BCUT2D eigenvalue weighted by molar-refractivity contribution is -0.385. The summed E-state index contributed by atoms with van der Waals surface area (Å²) in [5.41, 5.74) is -0.0697. The van der Waals surface area contributed by atoms with Crippen LogP contribution in [0.1, 0.15) is 33.6 Å². The van der Waals surface area contributed by atoms with Gasteiger partial charge in [-0.05, 0) is 31.0 Å². The van der Waals surface area contributed by atoms with Crippen molar-refractivity contribution in [2.45, 2.75) is 18.9 Å². The summed E-state index contributed by atoms with van der Waals surface area (Å²) in [7, 11) is 0. The number of hydrogen-bond acceptors (Lipinski definition) is 6. The molecule has 2 aromatic carbocycles. The fourth-order valence-corrected chi connectivity index (χ4v) is 2.48. The molecule has 0 aromatic heterocycles. The van der Waals surface area contributed by atoms with Crippen molar-refractivity contribution in [1.29, 1.82) is 0 Å². The van der Waals surface area contributed by atoms with Crippen molar-refractivity contribution < 1.29 is 24.0 Å². The Morgan fingerprint density at radius 2 is 1.68 bits per heavy atom. The Balaban J connectivity index is 1.61. The number of rotatable bonds is 7. The Hall–Kier alpha value is -3.75. The first kappa shape index (κ1) is 19.0. The van der Waals surface area contributed by atoms with Crippen LogP contribution in [-0.4, -0.2) is 35.4 Å². The molecule has 28 heavy (non-hydrogen) atoms. The predicted octanol–water partition coefficient (Wildman–Crippen LogP) is 2.28. The first-order chi connectivity index (χ1) is 13.5. The van der Waals surface area contributed by atoms with Crippen molar-refractivity contribution in [3.05, 3.63) is 69.8 Å². The van der Waals surface area contributed by atoms with E-state index in [9.17, 15) is 24.5 Å². The van der Waals surface area contributed by atoms with Crippen LogP contribution in [0.5, 0.6) is 0 Å². The van der Waals surface area contributed by atoms with E-state index in [2.05, 4.69) is 10.6 Å². The summed E-state index contributed by atoms with van der Waals surface area (Å²) < 4.78 is 4.87. The van der Waals surface area contributed by atoms with E-state index >= 15 is 0 Å². The molecule has 0 spiro atoms. The third-order valence-electron chi connectivity index (χ3n) is 4.01. The average Bonchev–Trinajstić information content (AvgIpc) is 3.50. The van der Waals surface area contributed by atoms with Gasteiger partial charge in [-0.25, -0.2) is 4.79 Å². The van der Waals surface area contributed by atoms with Crippen LogP contribution < -0.4 is 10.6 Å². The highest BCUT2D eigenvalue weighted by molar-refractivity contribution is 6.04. The Morgan fingerprint density at radius 3 is 2.36 bits per heavy atom. The number of amides is 2. The number of carbonyl (C=O) groups excluding carboxylic acids is 3. The Kier molecular flexibility index (Phi) is 5.64. The van der Waals surface area contributed by atoms with E-state index in [1.165, 1.54) is 24.3 Å². The number of esters is 1. The van der Waals surface area contributed by atoms with E-state index in [0.29, 0.717) is 5.56 Å². The maximum Gasteiger partial charge on any atom is 0.345 e. The number of para-hydroxylation sites is 2. The maximum atomic E-state index is 12.2. The molecular weight excluding hydrogens is 366 g/mol. The van der Waals surface area contributed by atoms with Crippen LogP contribution in [0.4, 0.5) is 11.4 Å². The molecule has 1 fully saturated rings. The summed E-state index contributed by atoms with van der Waals surface area (Å²) in [4.78, 5) is 46.7. The van der Waals surface area contributed by atoms with E-state index in [4.69, 9.17) is 4.74 Å². The minimum atomic E-state index is -0.984. The fourth-order valence-electron chi connectivity index (χ4n) is 2.48. The van der Waals surface area contributed by atoms with Crippen LogP contribution in [0.2, 0.25) is 0 Å². The first-order valence-electron chi connectivity index (χ1n) is 8.56. The highest BCUT2D eigenvalue weighted by Crippen LogP contribution is 2.22. The molecule has 9 heteroatoms. The van der Waals surface area contributed by atoms with Crippen LogP contribution >= 0.6 is 0 Å². The van der Waals surface area contributed by atoms with Crippen LogP contribution in [0.25, 0.3) is 0 Å². The van der Waals surface area contributed by atoms with Crippen molar-refractivity contribution in [2.24, 2.45) is 0 Å². The van der Waals surface area contributed by atoms with Crippen LogP contribution in [0.15, 0.2) is 48.5 Å². The maximum absolute atomic E-state index is 12.2. The van der Waals surface area contributed by atoms with Gasteiger partial charge in [0.25, 0.3) is 17.5 Å². The van der Waals surface area contributed by atoms with E-state index in [1.807, 2.05) is 0 Å². The van der Waals surface area contributed by atoms with Crippen molar-refractivity contribution >= 4 is 29.2 Å². The summed E-state index contributed by atoms with van der Waals surface area (Å²) in [6, 6.07) is 11.9. The number of nitro benzene ring substituents is 1. The highest BCUT2D eigenvalue weighted by Gasteiger charge is 2.25. The molecule has 3 rings (SSSR count). The molecule has 0 saturated heterocycles. The van der Waals surface area contributed by atoms with Crippen LogP contribution in [0, 0.1) is 10.1 Å². The number of carbonyl (C=O) groups is 3. The molecule has 0 heterocycles. The van der Waals surface area contributed by atoms with Crippen molar-refractivity contribution in [3.8, 4) is 0 Å². The molecule has 0 aliphatic heterocycles. The quantitative estimate of drug-likeness (QED) is 0.429. The molecule has 144 valence electrons. The second kappa shape index (κ2) is 8.30. The van der Waals surface area contributed by atoms with Gasteiger partial charge in [-0.3, -0.25) is 19.7 Å². The zero-order chi connectivity index (χ0) is 20.1. The van der Waals surface area contributed by atoms with E-state index in [0.717, 1.165) is 12.8 Å². The van der Waals surface area contributed by atoms with E-state index in [1.54, 1.807) is 24.3 Å². The van der Waals surface area contributed by atoms with Gasteiger partial charge >= 0.3 is 5.97 Å². The van der Waals surface area contributed by atoms with Gasteiger partial charge in [0.2, 0.25) is 0 Å². The third kappa shape index (κ3) is 4.70. The number of hydrogen-bond donors (Lipinski definition) is 2. The normalized spacial score (nSPS) is 12.7. The summed E-state index contributed by atoms with van der Waals surface area (Å²) >= 11 is 0. The van der Waals surface area contributed by atoms with Gasteiger partial charge in [-0.1, -0.05) is 24.3 Å². The molecule has 1 aliphatic carbocycles. The van der Waals surface area contributed by atoms with Crippen molar-refractivity contribution in [1.82, 2.24) is 5.32 Å². The van der Waals surface area contributed by atoms with Gasteiger partial charge in [0.15, 0.2) is 6.61 Å². The monoisotopic (exact) mass is 383 g/mol. The number of nitro groups is 1. The third-order valence-corrected chi connectivity index (χ3v) is 4.01. The average molecular weight is 383 g/mol. The minimum Gasteiger partial charge on any atom is -0.452 e. The Labute approximate surface area is 159 Å². The largest absolute Gasteiger partial charge is 0.452 e. The van der Waals surface area contributed by atoms with Gasteiger partial charge in [0, 0.05) is 12.1 Å². The molecule has 0 unspecified atom stereocenters. The number of nitrogens with one attached hydrogen (secondary N) is 2. The zero-order valence-corrected chi connectivity index (χ0v) is 14.7. The molecule has 2 amide bonds. The summed E-state index contributed by atoms with van der Waals surface area (Å²) in [5.74, 6) is -1.95. The lowest BCUT2D eigenvalue weighted by Gasteiger charge is -2.11. The van der Waals surface area contributed by atoms with Crippen molar-refractivity contribution in [3.63, 3.8) is 0 Å². The highest BCUT2D eigenvalue weighted by atomic mass is 16.6. The topological polar surface area (TPSA) is 128 Å². The van der Waals surface area contributed by atoms with E-state index < -0.39 is 29.1 Å². The Bertz CT molecular complexity index is 939. The SMILES string of the molecule is O=C(COC(=O)c1ccccc1[N+](=O)[O-])Nc1ccccc1C(=O)NC1CC1. The van der Waals surface area contributed by atoms with Gasteiger partial charge < -0.3 is 15.4 Å². The van der Waals surface area contributed by atoms with E-state index in [-0.39, 0.29) is 23.2 Å². The molecule has 0 atom stereocenters. The fraction of sp³-hybridized carbons (Fsp3) is 0.211. The molecular formula is C19H17N3O6. The number of anilines is 1. The molecule has 2 N–H and O–H groups in total. The zero-order valence-electron chi connectivity index (χ0n) is 14.7. The predicted molar refractivity (Wildman–Crippen MR) is 98.9 cm³/mol. The smallest absolute Gasteiger partial charge is 0.345 e. The standard InChI is InChI=1S/C19H17N3O6/c23-17(11-28-19(25)14-6-2-4-8-16(14)22(26)27)21-15-7-3-1-5-13(15)18(24)20-12-9-10-12/h1-8,12H,9-11H2,(H,20,24)(H,21,23). The lowest BCUT2D eigenvalue weighted by atomic mass is 10.1.